The molecule has 2 aliphatic rings. The highest BCUT2D eigenvalue weighted by Crippen LogP contribution is 2.29. The number of piperidine rings is 1. The fourth-order valence-electron chi connectivity index (χ4n) is 3.02. The maximum atomic E-state index is 13.1. The lowest BCUT2D eigenvalue weighted by Crippen LogP contribution is -2.44. The van der Waals surface area contributed by atoms with Gasteiger partial charge < -0.3 is 15.3 Å². The molecule has 0 spiro atoms. The predicted molar refractivity (Wildman–Crippen MR) is 77.0 cm³/mol. The number of benzene rings is 1. The van der Waals surface area contributed by atoms with Gasteiger partial charge in [-0.15, -0.1) is 0 Å². The Kier molecular flexibility index (Phi) is 4.34. The Morgan fingerprint density at radius 3 is 2.65 bits per heavy atom. The standard InChI is InChI=1S/C16H23FN2O/c17-13-3-1-2-12(10-13)16(20)11-18-14-6-8-19(9-7-14)15-4-5-15/h1-3,10,14-16,18,20H,4-9,11H2. The molecule has 1 aromatic carbocycles. The Morgan fingerprint density at radius 1 is 1.25 bits per heavy atom. The van der Waals surface area contributed by atoms with Crippen molar-refractivity contribution in [3.05, 3.63) is 35.6 Å². The van der Waals surface area contributed by atoms with E-state index in [0.717, 1.165) is 18.9 Å². The zero-order valence-corrected chi connectivity index (χ0v) is 11.8. The number of halogens is 1. The fourth-order valence-corrected chi connectivity index (χ4v) is 3.02. The largest absolute Gasteiger partial charge is 0.387 e. The van der Waals surface area contributed by atoms with Crippen molar-refractivity contribution >= 4 is 0 Å². The average Bonchev–Trinajstić information content (AvgIpc) is 3.30. The summed E-state index contributed by atoms with van der Waals surface area (Å²) < 4.78 is 13.1. The first-order valence-corrected chi connectivity index (χ1v) is 7.63. The second-order valence-corrected chi connectivity index (χ2v) is 6.02. The second kappa shape index (κ2) is 6.20. The van der Waals surface area contributed by atoms with Crippen molar-refractivity contribution in [1.29, 1.82) is 0 Å². The molecule has 0 aromatic heterocycles. The van der Waals surface area contributed by atoms with Gasteiger partial charge in [-0.2, -0.15) is 0 Å². The van der Waals surface area contributed by atoms with Crippen LogP contribution in [0.25, 0.3) is 0 Å². The SMILES string of the molecule is OC(CNC1CCN(C2CC2)CC1)c1cccc(F)c1. The molecule has 1 saturated carbocycles. The smallest absolute Gasteiger partial charge is 0.123 e. The molecule has 3 rings (SSSR count). The van der Waals surface area contributed by atoms with Crippen LogP contribution in [0.5, 0.6) is 0 Å². The number of likely N-dealkylation sites (tertiary alicyclic amines) is 1. The molecule has 1 unspecified atom stereocenters. The van der Waals surface area contributed by atoms with Gasteiger partial charge in [-0.1, -0.05) is 12.1 Å². The van der Waals surface area contributed by atoms with E-state index in [1.165, 1.54) is 38.1 Å². The molecule has 1 aromatic rings. The van der Waals surface area contributed by atoms with E-state index in [0.29, 0.717) is 18.2 Å². The van der Waals surface area contributed by atoms with Crippen molar-refractivity contribution in [1.82, 2.24) is 10.2 Å². The first-order valence-electron chi connectivity index (χ1n) is 7.63. The number of hydrogen-bond donors (Lipinski definition) is 2. The number of aliphatic hydroxyl groups excluding tert-OH is 1. The van der Waals surface area contributed by atoms with Gasteiger partial charge >= 0.3 is 0 Å². The highest BCUT2D eigenvalue weighted by molar-refractivity contribution is 5.19. The van der Waals surface area contributed by atoms with Gasteiger partial charge in [-0.25, -0.2) is 4.39 Å². The summed E-state index contributed by atoms with van der Waals surface area (Å²) in [5.41, 5.74) is 0.646. The molecule has 0 radical (unpaired) electrons. The van der Waals surface area contributed by atoms with Crippen LogP contribution in [-0.4, -0.2) is 41.7 Å². The van der Waals surface area contributed by atoms with E-state index < -0.39 is 6.10 Å². The quantitative estimate of drug-likeness (QED) is 0.865. The maximum Gasteiger partial charge on any atom is 0.123 e. The van der Waals surface area contributed by atoms with Crippen LogP contribution in [0, 0.1) is 5.82 Å². The number of hydrogen-bond acceptors (Lipinski definition) is 3. The highest BCUT2D eigenvalue weighted by Gasteiger charge is 2.31. The van der Waals surface area contributed by atoms with Crippen molar-refractivity contribution in [2.24, 2.45) is 0 Å². The van der Waals surface area contributed by atoms with Gasteiger partial charge in [0.2, 0.25) is 0 Å². The van der Waals surface area contributed by atoms with E-state index in [1.807, 2.05) is 0 Å². The first kappa shape index (κ1) is 14.0. The van der Waals surface area contributed by atoms with Crippen LogP contribution >= 0.6 is 0 Å². The molecule has 0 amide bonds. The summed E-state index contributed by atoms with van der Waals surface area (Å²) in [7, 11) is 0. The third-order valence-electron chi connectivity index (χ3n) is 4.43. The van der Waals surface area contributed by atoms with E-state index in [1.54, 1.807) is 12.1 Å². The van der Waals surface area contributed by atoms with Gasteiger partial charge in [0.25, 0.3) is 0 Å². The summed E-state index contributed by atoms with van der Waals surface area (Å²) in [6.07, 6.45) is 4.40. The van der Waals surface area contributed by atoms with Crippen LogP contribution in [0.1, 0.15) is 37.4 Å². The number of rotatable bonds is 5. The van der Waals surface area contributed by atoms with E-state index >= 15 is 0 Å². The second-order valence-electron chi connectivity index (χ2n) is 6.02. The van der Waals surface area contributed by atoms with Crippen LogP contribution < -0.4 is 5.32 Å². The van der Waals surface area contributed by atoms with Gasteiger partial charge in [-0.05, 0) is 56.5 Å². The normalized spacial score (nSPS) is 22.9. The zero-order chi connectivity index (χ0) is 13.9. The third-order valence-corrected chi connectivity index (χ3v) is 4.43. The summed E-state index contributed by atoms with van der Waals surface area (Å²) in [5.74, 6) is -0.292. The Labute approximate surface area is 119 Å². The Hall–Kier alpha value is -0.970. The first-order chi connectivity index (χ1) is 9.72. The molecule has 3 nitrogen and oxygen atoms in total. The molecule has 1 aliphatic carbocycles. The Balaban J connectivity index is 1.43. The summed E-state index contributed by atoms with van der Waals surface area (Å²) >= 11 is 0. The molecule has 1 saturated heterocycles. The fraction of sp³-hybridized carbons (Fsp3) is 0.625. The molecule has 4 heteroatoms. The topological polar surface area (TPSA) is 35.5 Å². The molecule has 1 heterocycles. The van der Waals surface area contributed by atoms with E-state index in [2.05, 4.69) is 10.2 Å². The molecule has 0 bridgehead atoms. The molecule has 1 aliphatic heterocycles. The monoisotopic (exact) mass is 278 g/mol. The van der Waals surface area contributed by atoms with Crippen molar-refractivity contribution in [2.75, 3.05) is 19.6 Å². The van der Waals surface area contributed by atoms with Crippen LogP contribution in [0.4, 0.5) is 4.39 Å². The number of aliphatic hydroxyl groups is 1. The predicted octanol–water partition coefficient (Wildman–Crippen LogP) is 2.08. The van der Waals surface area contributed by atoms with Gasteiger partial charge in [-0.3, -0.25) is 0 Å². The van der Waals surface area contributed by atoms with Crippen LogP contribution in [0.2, 0.25) is 0 Å². The van der Waals surface area contributed by atoms with Crippen LogP contribution in [0.3, 0.4) is 0 Å². The van der Waals surface area contributed by atoms with E-state index in [4.69, 9.17) is 0 Å². The number of nitrogens with one attached hydrogen (secondary N) is 1. The minimum Gasteiger partial charge on any atom is -0.387 e. The minimum atomic E-state index is -0.632. The molecule has 2 N–H and O–H groups in total. The molecule has 2 fully saturated rings. The van der Waals surface area contributed by atoms with Gasteiger partial charge in [0.1, 0.15) is 5.82 Å². The third kappa shape index (κ3) is 3.57. The minimum absolute atomic E-state index is 0.292. The summed E-state index contributed by atoms with van der Waals surface area (Å²) in [5, 5.41) is 13.5. The zero-order valence-electron chi connectivity index (χ0n) is 11.8. The van der Waals surface area contributed by atoms with Gasteiger partial charge in [0, 0.05) is 18.6 Å². The summed E-state index contributed by atoms with van der Waals surface area (Å²) in [6, 6.07) is 7.55. The molecule has 110 valence electrons. The Morgan fingerprint density at radius 2 is 2.00 bits per heavy atom. The molecule has 20 heavy (non-hydrogen) atoms. The molecular formula is C16H23FN2O. The molecule has 1 atom stereocenters. The number of nitrogens with zero attached hydrogens (tertiary/aromatic N) is 1. The van der Waals surface area contributed by atoms with E-state index in [9.17, 15) is 9.50 Å². The van der Waals surface area contributed by atoms with Crippen molar-refractivity contribution in [2.45, 2.75) is 43.9 Å². The van der Waals surface area contributed by atoms with Gasteiger partial charge in [0.15, 0.2) is 0 Å². The van der Waals surface area contributed by atoms with Crippen molar-refractivity contribution in [3.8, 4) is 0 Å². The lowest BCUT2D eigenvalue weighted by Gasteiger charge is -2.33. The lowest BCUT2D eigenvalue weighted by molar-refractivity contribution is 0.149. The Bertz CT molecular complexity index is 442. The van der Waals surface area contributed by atoms with Crippen LogP contribution in [0.15, 0.2) is 24.3 Å². The lowest BCUT2D eigenvalue weighted by atomic mass is 10.0. The van der Waals surface area contributed by atoms with E-state index in [-0.39, 0.29) is 5.82 Å². The van der Waals surface area contributed by atoms with Crippen molar-refractivity contribution < 1.29 is 9.50 Å². The van der Waals surface area contributed by atoms with Crippen molar-refractivity contribution in [3.63, 3.8) is 0 Å². The summed E-state index contributed by atoms with van der Waals surface area (Å²) in [6.45, 7) is 2.83. The summed E-state index contributed by atoms with van der Waals surface area (Å²) in [4.78, 5) is 2.58. The molecular weight excluding hydrogens is 255 g/mol. The average molecular weight is 278 g/mol. The maximum absolute atomic E-state index is 13.1. The van der Waals surface area contributed by atoms with Crippen LogP contribution in [-0.2, 0) is 0 Å². The van der Waals surface area contributed by atoms with Gasteiger partial charge in [0.05, 0.1) is 6.10 Å². The highest BCUT2D eigenvalue weighted by atomic mass is 19.1.